The number of rotatable bonds is 5. The second kappa shape index (κ2) is 10.4. The third kappa shape index (κ3) is 5.58. The third-order valence-electron chi connectivity index (χ3n) is 5.34. The van der Waals surface area contributed by atoms with E-state index in [2.05, 4.69) is 10.2 Å². The molecule has 183 valence electrons. The number of anilines is 2. The van der Waals surface area contributed by atoms with Crippen LogP contribution in [0, 0.1) is 5.92 Å². The van der Waals surface area contributed by atoms with Gasteiger partial charge < -0.3 is 0 Å². The van der Waals surface area contributed by atoms with Gasteiger partial charge in [0.2, 0.25) is 0 Å². The van der Waals surface area contributed by atoms with Crippen LogP contribution in [0.4, 0.5) is 11.4 Å². The summed E-state index contributed by atoms with van der Waals surface area (Å²) in [6.45, 7) is 3.18. The molecule has 0 fully saturated rings. The summed E-state index contributed by atoms with van der Waals surface area (Å²) in [7, 11) is -8.78. The van der Waals surface area contributed by atoms with Crippen molar-refractivity contribution in [1.82, 2.24) is 0 Å². The molecule has 2 aliphatic heterocycles. The number of carbonyl (C=O) groups is 2. The molecule has 0 aromatic heterocycles. The Morgan fingerprint density at radius 1 is 0.778 bits per heavy atom. The second-order valence-corrected chi connectivity index (χ2v) is 10.5. The number of amides is 2. The van der Waals surface area contributed by atoms with Gasteiger partial charge >= 0.3 is 0 Å². The predicted molar refractivity (Wildman–Crippen MR) is 131 cm³/mol. The zero-order valence-corrected chi connectivity index (χ0v) is 24.0. The van der Waals surface area contributed by atoms with Crippen molar-refractivity contribution in [2.24, 2.45) is 16.1 Å². The fourth-order valence-electron chi connectivity index (χ4n) is 3.53. The summed E-state index contributed by atoms with van der Waals surface area (Å²) < 4.78 is 63.2. The van der Waals surface area contributed by atoms with Crippen LogP contribution in [0.15, 0.2) is 80.2 Å². The van der Waals surface area contributed by atoms with Crippen LogP contribution >= 0.6 is 0 Å². The van der Waals surface area contributed by atoms with E-state index < -0.39 is 38.0 Å². The standard InChI is InChI=1S/C21H18N4O8S2.K/c1-12-18(20(26)24(22-12)14-3-7-16(8-4-14)34(28,29)30)11-19-13(2)23-25(21(19)27)15-5-9-17(10-6-15)35(31,32)33;/h3-11,18H,1-2H3,(H,28,29,30)(H,31,32,33);. The number of benzene rings is 2. The first-order chi connectivity index (χ1) is 16.3. The van der Waals surface area contributed by atoms with E-state index in [4.69, 9.17) is 9.11 Å². The first-order valence-electron chi connectivity index (χ1n) is 9.93. The Hall–Kier alpha value is -2.08. The number of carbonyl (C=O) groups excluding carboxylic acids is 2. The summed E-state index contributed by atoms with van der Waals surface area (Å²) in [5.41, 5.74) is 1.39. The van der Waals surface area contributed by atoms with Crippen LogP contribution in [-0.2, 0) is 29.8 Å². The molecule has 0 saturated heterocycles. The minimum absolute atomic E-state index is 0. The fourth-order valence-corrected chi connectivity index (χ4v) is 4.49. The smallest absolute Gasteiger partial charge is 0.282 e. The van der Waals surface area contributed by atoms with Gasteiger partial charge in [-0.1, -0.05) is 6.08 Å². The second-order valence-electron chi connectivity index (χ2n) is 7.69. The maximum atomic E-state index is 13.0. The predicted octanol–water partition coefficient (Wildman–Crippen LogP) is 1.49. The Labute approximate surface area is 249 Å². The molecule has 2 heterocycles. The van der Waals surface area contributed by atoms with Crippen LogP contribution < -0.4 is 10.0 Å². The molecule has 0 bridgehead atoms. The van der Waals surface area contributed by atoms with Crippen molar-refractivity contribution in [3.63, 3.8) is 0 Å². The molecule has 0 spiro atoms. The summed E-state index contributed by atoms with van der Waals surface area (Å²) in [6, 6.07) is 9.80. The van der Waals surface area contributed by atoms with E-state index in [0.29, 0.717) is 11.4 Å². The van der Waals surface area contributed by atoms with Gasteiger partial charge in [0.1, 0.15) is 0 Å². The minimum atomic E-state index is -4.39. The van der Waals surface area contributed by atoms with Crippen molar-refractivity contribution in [2.45, 2.75) is 23.6 Å². The van der Waals surface area contributed by atoms with E-state index in [1.807, 2.05) is 0 Å². The molecule has 0 aliphatic carbocycles. The maximum Gasteiger partial charge on any atom is 0.294 e. The van der Waals surface area contributed by atoms with E-state index >= 15 is 0 Å². The van der Waals surface area contributed by atoms with E-state index in [9.17, 15) is 26.4 Å². The van der Waals surface area contributed by atoms with Crippen LogP contribution in [0.2, 0.25) is 0 Å². The zero-order valence-electron chi connectivity index (χ0n) is 19.2. The maximum absolute atomic E-state index is 13.0. The van der Waals surface area contributed by atoms with E-state index in [-0.39, 0.29) is 78.1 Å². The van der Waals surface area contributed by atoms with E-state index in [1.54, 1.807) is 13.8 Å². The van der Waals surface area contributed by atoms with Gasteiger partial charge in [0, 0.05) is 51.4 Å². The van der Waals surface area contributed by atoms with E-state index in [0.717, 1.165) is 34.3 Å². The van der Waals surface area contributed by atoms with Crippen molar-refractivity contribution in [1.29, 1.82) is 0 Å². The van der Waals surface area contributed by atoms with Gasteiger partial charge in [-0.05, 0) is 62.4 Å². The molecule has 0 saturated carbocycles. The SMILES string of the molecule is CC1=NN(c2ccc(S(=O)(=O)O)cc2)C(=O)C1=CC1C(=O)N(c2ccc(S(=O)(=O)O)cc2)N=C1C.[K]. The average molecular weight is 558 g/mol. The molecule has 2 aliphatic rings. The number of hydrogen-bond acceptors (Lipinski definition) is 8. The van der Waals surface area contributed by atoms with Gasteiger partial charge in [-0.3, -0.25) is 18.7 Å². The van der Waals surface area contributed by atoms with Crippen molar-refractivity contribution < 1.29 is 35.5 Å². The van der Waals surface area contributed by atoms with Gasteiger partial charge in [-0.15, -0.1) is 0 Å². The van der Waals surface area contributed by atoms with Crippen LogP contribution in [0.1, 0.15) is 13.8 Å². The van der Waals surface area contributed by atoms with Gasteiger partial charge in [0.25, 0.3) is 32.1 Å². The molecule has 36 heavy (non-hydrogen) atoms. The Kier molecular flexibility index (Phi) is 8.19. The Bertz CT molecular complexity index is 1550. The molecule has 1 unspecified atom stereocenters. The quantitative estimate of drug-likeness (QED) is 0.316. The van der Waals surface area contributed by atoms with Crippen molar-refractivity contribution >= 4 is 106 Å². The summed E-state index contributed by atoms with van der Waals surface area (Å²) in [4.78, 5) is 25.4. The van der Waals surface area contributed by atoms with Crippen LogP contribution in [0.3, 0.4) is 0 Å². The monoisotopic (exact) mass is 557 g/mol. The van der Waals surface area contributed by atoms with Gasteiger partial charge in [0.15, 0.2) is 0 Å². The van der Waals surface area contributed by atoms with Crippen LogP contribution in [0.5, 0.6) is 0 Å². The number of hydrazone groups is 2. The number of hydrogen-bond donors (Lipinski definition) is 2. The Morgan fingerprint density at radius 2 is 1.22 bits per heavy atom. The topological polar surface area (TPSA) is 174 Å². The molecular weight excluding hydrogens is 539 g/mol. The van der Waals surface area contributed by atoms with Crippen LogP contribution in [-0.4, -0.2) is 101 Å². The van der Waals surface area contributed by atoms with E-state index in [1.165, 1.54) is 30.3 Å². The normalized spacial score (nSPS) is 19.4. The van der Waals surface area contributed by atoms with Crippen molar-refractivity contribution in [2.75, 3.05) is 10.0 Å². The molecule has 2 aromatic rings. The zero-order chi connectivity index (χ0) is 25.7. The first-order valence-corrected chi connectivity index (χ1v) is 12.8. The summed E-state index contributed by atoms with van der Waals surface area (Å²) in [6.07, 6.45) is 1.43. The van der Waals surface area contributed by atoms with Gasteiger partial charge in [0.05, 0.1) is 44.1 Å². The Morgan fingerprint density at radius 3 is 1.67 bits per heavy atom. The molecule has 2 aromatic carbocycles. The number of nitrogens with zero attached hydrogens (tertiary/aromatic N) is 4. The minimum Gasteiger partial charge on any atom is -0.282 e. The molecular formula is C21H18KN4O8S2. The van der Waals surface area contributed by atoms with Crippen molar-refractivity contribution in [3.05, 3.63) is 60.2 Å². The molecule has 4 rings (SSSR count). The Balaban J connectivity index is 0.00000361. The molecule has 1 atom stereocenters. The summed E-state index contributed by atoms with van der Waals surface area (Å²) in [5.74, 6) is -1.91. The largest absolute Gasteiger partial charge is 0.294 e. The summed E-state index contributed by atoms with van der Waals surface area (Å²) >= 11 is 0. The fraction of sp³-hybridized carbons (Fsp3) is 0.143. The molecule has 2 N–H and O–H groups in total. The first kappa shape index (κ1) is 28.5. The molecule has 1 radical (unpaired) electrons. The third-order valence-corrected chi connectivity index (χ3v) is 7.07. The summed E-state index contributed by atoms with van der Waals surface area (Å²) in [5, 5.41) is 10.5. The van der Waals surface area contributed by atoms with Crippen molar-refractivity contribution in [3.8, 4) is 0 Å². The van der Waals surface area contributed by atoms with Crippen LogP contribution in [0.25, 0.3) is 0 Å². The van der Waals surface area contributed by atoms with Gasteiger partial charge in [-0.25, -0.2) is 0 Å². The average Bonchev–Trinajstić information content (AvgIpc) is 3.23. The molecule has 2 amide bonds. The van der Waals surface area contributed by atoms with Gasteiger partial charge in [-0.2, -0.15) is 37.1 Å². The molecule has 15 heteroatoms. The molecule has 12 nitrogen and oxygen atoms in total.